The van der Waals surface area contributed by atoms with E-state index >= 15 is 0 Å². The van der Waals surface area contributed by atoms with Crippen LogP contribution in [0.3, 0.4) is 0 Å². The molecule has 0 radical (unpaired) electrons. The van der Waals surface area contributed by atoms with E-state index in [0.717, 1.165) is 12.1 Å². The topological polar surface area (TPSA) is 63.6 Å². The summed E-state index contributed by atoms with van der Waals surface area (Å²) in [6, 6.07) is 2.20. The van der Waals surface area contributed by atoms with Gasteiger partial charge < -0.3 is 9.29 Å². The first-order valence-corrected chi connectivity index (χ1v) is 7.16. The number of phenolic OH excluding ortho intramolecular Hbond substituents is 1. The zero-order valence-corrected chi connectivity index (χ0v) is 10.7. The number of alkyl halides is 3. The molecule has 0 spiro atoms. The predicted molar refractivity (Wildman–Crippen MR) is 62.9 cm³/mol. The number of halogens is 3. The molecule has 0 aromatic heterocycles. The molecular formula is C12H9F3O4S. The zero-order valence-electron chi connectivity index (χ0n) is 9.89. The number of rotatable bonds is 2. The van der Waals surface area contributed by atoms with Gasteiger partial charge in [-0.15, -0.1) is 0 Å². The molecule has 20 heavy (non-hydrogen) atoms. The van der Waals surface area contributed by atoms with Crippen molar-refractivity contribution in [3.8, 4) is 11.5 Å². The average Bonchev–Trinajstić information content (AvgIpc) is 2.92. The van der Waals surface area contributed by atoms with Crippen LogP contribution in [0.25, 0.3) is 0 Å². The maximum absolute atomic E-state index is 12.4. The fourth-order valence-electron chi connectivity index (χ4n) is 2.74. The molecule has 2 unspecified atom stereocenters. The van der Waals surface area contributed by atoms with Crippen LogP contribution in [0.4, 0.5) is 13.2 Å². The number of benzene rings is 1. The SMILES string of the molecule is O=S(=O)(Oc1ccc(O)c2c1C1C=CC2C1)C(F)(F)F. The van der Waals surface area contributed by atoms with Crippen molar-refractivity contribution in [2.45, 2.75) is 23.8 Å². The normalized spacial score (nSPS) is 23.9. The van der Waals surface area contributed by atoms with Crippen LogP contribution >= 0.6 is 0 Å². The Labute approximate surface area is 112 Å². The first-order chi connectivity index (χ1) is 9.21. The molecule has 108 valence electrons. The standard InChI is InChI=1S/C12H9F3O4S/c13-12(14,15)20(17,18)19-9-4-3-8(16)10-6-1-2-7(5-6)11(9)10/h1-4,6-7,16H,5H2. The fourth-order valence-corrected chi connectivity index (χ4v) is 3.22. The van der Waals surface area contributed by atoms with Crippen LogP contribution in [0.5, 0.6) is 11.5 Å². The molecule has 2 aliphatic carbocycles. The van der Waals surface area contributed by atoms with Crippen LogP contribution in [0.2, 0.25) is 0 Å². The van der Waals surface area contributed by atoms with E-state index in [2.05, 4.69) is 4.18 Å². The van der Waals surface area contributed by atoms with E-state index < -0.39 is 15.6 Å². The lowest BCUT2D eigenvalue weighted by molar-refractivity contribution is -0.0500. The van der Waals surface area contributed by atoms with Crippen molar-refractivity contribution < 1.29 is 30.9 Å². The summed E-state index contributed by atoms with van der Waals surface area (Å²) in [5.41, 5.74) is -4.71. The van der Waals surface area contributed by atoms with Gasteiger partial charge in [0.25, 0.3) is 0 Å². The van der Waals surface area contributed by atoms with Crippen molar-refractivity contribution in [1.29, 1.82) is 0 Å². The Morgan fingerprint density at radius 1 is 1.15 bits per heavy atom. The Kier molecular flexibility index (Phi) is 2.60. The summed E-state index contributed by atoms with van der Waals surface area (Å²) in [5.74, 6) is -0.756. The monoisotopic (exact) mass is 306 g/mol. The van der Waals surface area contributed by atoms with Crippen LogP contribution in [0.1, 0.15) is 29.4 Å². The first kappa shape index (κ1) is 13.3. The zero-order chi connectivity index (χ0) is 14.7. The lowest BCUT2D eigenvalue weighted by Crippen LogP contribution is -2.28. The average molecular weight is 306 g/mol. The van der Waals surface area contributed by atoms with Crippen molar-refractivity contribution in [3.63, 3.8) is 0 Å². The molecule has 4 nitrogen and oxygen atoms in total. The van der Waals surface area contributed by atoms with Crippen LogP contribution in [0.15, 0.2) is 24.3 Å². The lowest BCUT2D eigenvalue weighted by atomic mass is 9.95. The number of hydrogen-bond acceptors (Lipinski definition) is 4. The van der Waals surface area contributed by atoms with E-state index in [1.807, 2.05) is 6.08 Å². The Balaban J connectivity index is 2.07. The minimum absolute atomic E-state index is 0.0615. The maximum Gasteiger partial charge on any atom is 0.534 e. The molecule has 3 rings (SSSR count). The summed E-state index contributed by atoms with van der Waals surface area (Å²) in [5, 5.41) is 9.77. The van der Waals surface area contributed by atoms with Gasteiger partial charge in [-0.3, -0.25) is 0 Å². The third-order valence-electron chi connectivity index (χ3n) is 3.53. The Morgan fingerprint density at radius 2 is 1.75 bits per heavy atom. The van der Waals surface area contributed by atoms with Crippen molar-refractivity contribution in [2.24, 2.45) is 0 Å². The van der Waals surface area contributed by atoms with Crippen molar-refractivity contribution in [1.82, 2.24) is 0 Å². The van der Waals surface area contributed by atoms with Gasteiger partial charge in [0.15, 0.2) is 0 Å². The number of allylic oxidation sites excluding steroid dienone is 2. The second-order valence-corrected chi connectivity index (χ2v) is 6.26. The quantitative estimate of drug-likeness (QED) is 0.518. The Morgan fingerprint density at radius 3 is 2.35 bits per heavy atom. The predicted octanol–water partition coefficient (Wildman–Crippen LogP) is 2.76. The number of aromatic hydroxyl groups is 1. The van der Waals surface area contributed by atoms with E-state index in [-0.39, 0.29) is 23.3 Å². The number of hydrogen-bond donors (Lipinski definition) is 1. The second-order valence-electron chi connectivity index (χ2n) is 4.73. The van der Waals surface area contributed by atoms with Crippen molar-refractivity contribution in [3.05, 3.63) is 35.4 Å². The summed E-state index contributed by atoms with van der Waals surface area (Å²) in [4.78, 5) is 0. The fraction of sp³-hybridized carbons (Fsp3) is 0.333. The minimum atomic E-state index is -5.71. The molecule has 0 saturated carbocycles. The van der Waals surface area contributed by atoms with Gasteiger partial charge in [0, 0.05) is 23.0 Å². The highest BCUT2D eigenvalue weighted by Gasteiger charge is 2.49. The molecule has 2 bridgehead atoms. The van der Waals surface area contributed by atoms with Crippen LogP contribution in [-0.4, -0.2) is 19.0 Å². The first-order valence-electron chi connectivity index (χ1n) is 5.75. The van der Waals surface area contributed by atoms with Gasteiger partial charge in [-0.2, -0.15) is 21.6 Å². The van der Waals surface area contributed by atoms with Gasteiger partial charge in [0.05, 0.1) is 0 Å². The molecule has 0 fully saturated rings. The molecule has 1 N–H and O–H groups in total. The Hall–Kier alpha value is -1.70. The molecule has 0 heterocycles. The van der Waals surface area contributed by atoms with Gasteiger partial charge in [0.2, 0.25) is 0 Å². The summed E-state index contributed by atoms with van der Waals surface area (Å²) >= 11 is 0. The molecular weight excluding hydrogens is 297 g/mol. The molecule has 8 heteroatoms. The lowest BCUT2D eigenvalue weighted by Gasteiger charge is -2.17. The molecule has 2 aliphatic rings. The van der Waals surface area contributed by atoms with Crippen LogP contribution in [-0.2, 0) is 10.1 Å². The molecule has 0 saturated heterocycles. The third-order valence-corrected chi connectivity index (χ3v) is 4.50. The van der Waals surface area contributed by atoms with E-state index in [0.29, 0.717) is 17.5 Å². The van der Waals surface area contributed by atoms with E-state index in [9.17, 15) is 26.7 Å². The van der Waals surface area contributed by atoms with Gasteiger partial charge in [-0.05, 0) is 18.6 Å². The smallest absolute Gasteiger partial charge is 0.508 e. The van der Waals surface area contributed by atoms with Gasteiger partial charge in [0.1, 0.15) is 11.5 Å². The highest BCUT2D eigenvalue weighted by Crippen LogP contribution is 2.55. The molecule has 0 amide bonds. The van der Waals surface area contributed by atoms with Gasteiger partial charge in [-0.1, -0.05) is 12.2 Å². The third kappa shape index (κ3) is 1.78. The summed E-state index contributed by atoms with van der Waals surface area (Å²) in [6.07, 6.45) is 4.23. The Bertz CT molecular complexity index is 706. The van der Waals surface area contributed by atoms with E-state index in [1.165, 1.54) is 0 Å². The van der Waals surface area contributed by atoms with Gasteiger partial charge >= 0.3 is 15.6 Å². The van der Waals surface area contributed by atoms with E-state index in [4.69, 9.17) is 0 Å². The number of phenols is 1. The van der Waals surface area contributed by atoms with Gasteiger partial charge in [-0.25, -0.2) is 0 Å². The largest absolute Gasteiger partial charge is 0.534 e. The molecule has 1 aromatic carbocycles. The highest BCUT2D eigenvalue weighted by atomic mass is 32.2. The molecule has 0 aliphatic heterocycles. The summed E-state index contributed by atoms with van der Waals surface area (Å²) < 4.78 is 63.5. The minimum Gasteiger partial charge on any atom is -0.508 e. The molecule has 2 atom stereocenters. The van der Waals surface area contributed by atoms with Crippen LogP contribution in [0, 0.1) is 0 Å². The van der Waals surface area contributed by atoms with E-state index in [1.54, 1.807) is 6.08 Å². The van der Waals surface area contributed by atoms with Crippen molar-refractivity contribution >= 4 is 10.1 Å². The number of fused-ring (bicyclic) bond motifs is 5. The highest BCUT2D eigenvalue weighted by molar-refractivity contribution is 7.88. The summed E-state index contributed by atoms with van der Waals surface area (Å²) in [6.45, 7) is 0. The summed E-state index contributed by atoms with van der Waals surface area (Å²) in [7, 11) is -5.71. The molecule has 1 aromatic rings. The van der Waals surface area contributed by atoms with Crippen LogP contribution < -0.4 is 4.18 Å². The van der Waals surface area contributed by atoms with Crippen molar-refractivity contribution in [2.75, 3.05) is 0 Å². The maximum atomic E-state index is 12.4. The second kappa shape index (κ2) is 3.91.